The van der Waals surface area contributed by atoms with Crippen molar-refractivity contribution in [3.63, 3.8) is 0 Å². The number of aromatic nitrogens is 1. The van der Waals surface area contributed by atoms with E-state index >= 15 is 0 Å². The lowest BCUT2D eigenvalue weighted by atomic mass is 10.1. The Morgan fingerprint density at radius 1 is 1.38 bits per heavy atom. The third-order valence-corrected chi connectivity index (χ3v) is 3.49. The molecule has 2 rings (SSSR count). The Morgan fingerprint density at radius 3 is 2.75 bits per heavy atom. The molecular weight excluding hydrogens is 240 g/mol. The van der Waals surface area contributed by atoms with Crippen LogP contribution in [0.3, 0.4) is 0 Å². The molecule has 0 saturated carbocycles. The summed E-state index contributed by atoms with van der Waals surface area (Å²) in [5.41, 5.74) is 8.65. The molecule has 0 amide bonds. The van der Waals surface area contributed by atoms with E-state index in [1.807, 2.05) is 12.1 Å². The highest BCUT2D eigenvalue weighted by Crippen LogP contribution is 2.32. The number of halogens is 1. The minimum Gasteiger partial charge on any atom is -0.398 e. The smallest absolute Gasteiger partial charge is 0.125 e. The monoisotopic (exact) mass is 252 g/mol. The van der Waals surface area contributed by atoms with Crippen molar-refractivity contribution in [2.75, 3.05) is 5.73 Å². The Morgan fingerprint density at radius 2 is 2.12 bits per heavy atom. The molecule has 16 heavy (non-hydrogen) atoms. The number of nitrogen functional groups attached to an aromatic ring is 1. The molecule has 0 spiro atoms. The van der Waals surface area contributed by atoms with Crippen LogP contribution in [0.15, 0.2) is 23.6 Å². The average molecular weight is 253 g/mol. The number of rotatable bonds is 2. The van der Waals surface area contributed by atoms with E-state index in [9.17, 15) is 0 Å². The van der Waals surface area contributed by atoms with Gasteiger partial charge in [0.15, 0.2) is 0 Å². The summed E-state index contributed by atoms with van der Waals surface area (Å²) in [6.45, 7) is 4.25. The molecule has 0 saturated heterocycles. The van der Waals surface area contributed by atoms with Crippen molar-refractivity contribution in [1.82, 2.24) is 4.98 Å². The largest absolute Gasteiger partial charge is 0.398 e. The van der Waals surface area contributed by atoms with Crippen molar-refractivity contribution in [3.8, 4) is 10.6 Å². The topological polar surface area (TPSA) is 38.9 Å². The first-order valence-corrected chi connectivity index (χ1v) is 6.34. The van der Waals surface area contributed by atoms with Crippen LogP contribution in [0.5, 0.6) is 0 Å². The van der Waals surface area contributed by atoms with Crippen LogP contribution in [-0.4, -0.2) is 4.98 Å². The van der Waals surface area contributed by atoms with Crippen molar-refractivity contribution in [2.45, 2.75) is 19.8 Å². The number of nitrogens with two attached hydrogens (primary N) is 1. The van der Waals surface area contributed by atoms with Crippen molar-refractivity contribution < 1.29 is 0 Å². The van der Waals surface area contributed by atoms with Crippen LogP contribution in [0.25, 0.3) is 10.6 Å². The van der Waals surface area contributed by atoms with Gasteiger partial charge in [-0.1, -0.05) is 25.4 Å². The van der Waals surface area contributed by atoms with Crippen molar-refractivity contribution >= 4 is 28.6 Å². The fourth-order valence-corrected chi connectivity index (χ4v) is 2.58. The Kier molecular flexibility index (Phi) is 3.17. The summed E-state index contributed by atoms with van der Waals surface area (Å²) in [5, 5.41) is 3.69. The first kappa shape index (κ1) is 11.4. The lowest BCUT2D eigenvalue weighted by Gasteiger charge is -2.02. The van der Waals surface area contributed by atoms with E-state index in [1.54, 1.807) is 17.4 Å². The SMILES string of the molecule is CC(C)c1csc(-c2cc(Cl)ccc2N)n1. The maximum Gasteiger partial charge on any atom is 0.125 e. The molecule has 0 aliphatic rings. The number of nitrogens with zero attached hydrogens (tertiary/aromatic N) is 1. The van der Waals surface area contributed by atoms with Crippen LogP contribution in [0.1, 0.15) is 25.5 Å². The summed E-state index contributed by atoms with van der Waals surface area (Å²) in [7, 11) is 0. The van der Waals surface area contributed by atoms with Crippen molar-refractivity contribution in [1.29, 1.82) is 0 Å². The van der Waals surface area contributed by atoms with Gasteiger partial charge in [-0.3, -0.25) is 0 Å². The van der Waals surface area contributed by atoms with E-state index in [0.29, 0.717) is 16.6 Å². The molecule has 1 aromatic heterocycles. The van der Waals surface area contributed by atoms with Crippen molar-refractivity contribution in [2.24, 2.45) is 0 Å². The number of thiazole rings is 1. The predicted molar refractivity (Wildman–Crippen MR) is 71.1 cm³/mol. The second-order valence-electron chi connectivity index (χ2n) is 3.96. The lowest BCUT2D eigenvalue weighted by molar-refractivity contribution is 0.834. The molecule has 1 heterocycles. The third-order valence-electron chi connectivity index (χ3n) is 2.36. The summed E-state index contributed by atoms with van der Waals surface area (Å²) >= 11 is 7.56. The molecule has 0 atom stereocenters. The maximum absolute atomic E-state index is 5.96. The van der Waals surface area contributed by atoms with Crippen LogP contribution in [0.2, 0.25) is 5.02 Å². The number of hydrogen-bond acceptors (Lipinski definition) is 3. The van der Waals surface area contributed by atoms with E-state index in [-0.39, 0.29) is 0 Å². The van der Waals surface area contributed by atoms with Gasteiger partial charge in [-0.25, -0.2) is 4.98 Å². The van der Waals surface area contributed by atoms with Gasteiger partial charge in [0.25, 0.3) is 0 Å². The van der Waals surface area contributed by atoms with Gasteiger partial charge in [-0.2, -0.15) is 0 Å². The van der Waals surface area contributed by atoms with E-state index < -0.39 is 0 Å². The molecule has 4 heteroatoms. The summed E-state index contributed by atoms with van der Waals surface area (Å²) in [6.07, 6.45) is 0. The van der Waals surface area contributed by atoms with Gasteiger partial charge in [0.2, 0.25) is 0 Å². The highest BCUT2D eigenvalue weighted by molar-refractivity contribution is 7.13. The summed E-state index contributed by atoms with van der Waals surface area (Å²) in [6, 6.07) is 5.46. The first-order chi connectivity index (χ1) is 7.58. The van der Waals surface area contributed by atoms with Crippen LogP contribution in [0.4, 0.5) is 5.69 Å². The summed E-state index contributed by atoms with van der Waals surface area (Å²) in [4.78, 5) is 4.56. The number of benzene rings is 1. The normalized spacial score (nSPS) is 11.0. The minimum absolute atomic E-state index is 0.436. The van der Waals surface area contributed by atoms with Gasteiger partial charge in [-0.05, 0) is 24.1 Å². The molecule has 0 fully saturated rings. The number of hydrogen-bond donors (Lipinski definition) is 1. The predicted octanol–water partition coefficient (Wildman–Crippen LogP) is 4.17. The van der Waals surface area contributed by atoms with E-state index in [1.165, 1.54) is 0 Å². The zero-order chi connectivity index (χ0) is 11.7. The fraction of sp³-hybridized carbons (Fsp3) is 0.250. The molecule has 84 valence electrons. The molecule has 2 N–H and O–H groups in total. The zero-order valence-corrected chi connectivity index (χ0v) is 10.8. The molecular formula is C12H13ClN2S. The van der Waals surface area contributed by atoms with Gasteiger partial charge >= 0.3 is 0 Å². The van der Waals surface area contributed by atoms with E-state index in [2.05, 4.69) is 24.2 Å². The van der Waals surface area contributed by atoms with Crippen LogP contribution in [-0.2, 0) is 0 Å². The Hall–Kier alpha value is -1.06. The van der Waals surface area contributed by atoms with Gasteiger partial charge in [0.05, 0.1) is 5.69 Å². The molecule has 1 aromatic carbocycles. The molecule has 0 bridgehead atoms. The minimum atomic E-state index is 0.436. The molecule has 0 radical (unpaired) electrons. The highest BCUT2D eigenvalue weighted by Gasteiger charge is 2.10. The molecule has 0 unspecified atom stereocenters. The molecule has 0 aliphatic heterocycles. The Labute approximate surface area is 104 Å². The average Bonchev–Trinajstić information content (AvgIpc) is 2.70. The van der Waals surface area contributed by atoms with Gasteiger partial charge < -0.3 is 5.73 Å². The molecule has 0 aliphatic carbocycles. The van der Waals surface area contributed by atoms with Crippen molar-refractivity contribution in [3.05, 3.63) is 34.3 Å². The molecule has 2 aromatic rings. The Bertz CT molecular complexity index is 505. The zero-order valence-electron chi connectivity index (χ0n) is 9.20. The van der Waals surface area contributed by atoms with Gasteiger partial charge in [-0.15, -0.1) is 11.3 Å². The van der Waals surface area contributed by atoms with Crippen LogP contribution < -0.4 is 5.73 Å². The first-order valence-electron chi connectivity index (χ1n) is 5.08. The third kappa shape index (κ3) is 2.20. The maximum atomic E-state index is 5.96. The second kappa shape index (κ2) is 4.44. The standard InChI is InChI=1S/C12H13ClN2S/c1-7(2)11-6-16-12(15-11)9-5-8(13)3-4-10(9)14/h3-7H,14H2,1-2H3. The van der Waals surface area contributed by atoms with E-state index in [4.69, 9.17) is 17.3 Å². The number of anilines is 1. The summed E-state index contributed by atoms with van der Waals surface area (Å²) < 4.78 is 0. The molecule has 2 nitrogen and oxygen atoms in total. The van der Waals surface area contributed by atoms with Crippen LogP contribution >= 0.6 is 22.9 Å². The van der Waals surface area contributed by atoms with Crippen LogP contribution in [0, 0.1) is 0 Å². The lowest BCUT2D eigenvalue weighted by Crippen LogP contribution is -1.91. The highest BCUT2D eigenvalue weighted by atomic mass is 35.5. The van der Waals surface area contributed by atoms with Gasteiger partial charge in [0.1, 0.15) is 5.01 Å². The summed E-state index contributed by atoms with van der Waals surface area (Å²) in [5.74, 6) is 0.436. The van der Waals surface area contributed by atoms with Gasteiger partial charge in [0, 0.05) is 21.7 Å². The van der Waals surface area contributed by atoms with E-state index in [0.717, 1.165) is 16.3 Å². The Balaban J connectivity index is 2.46. The fourth-order valence-electron chi connectivity index (χ4n) is 1.39. The second-order valence-corrected chi connectivity index (χ2v) is 5.26. The quantitative estimate of drug-likeness (QED) is 0.815.